The molecule has 4 rings (SSSR count). The second-order valence-corrected chi connectivity index (χ2v) is 13.3. The minimum atomic E-state index is -1.08. The Bertz CT molecular complexity index is 1630. The first kappa shape index (κ1) is 46.9. The molecule has 1 unspecified atom stereocenters. The third-order valence-corrected chi connectivity index (χ3v) is 8.90. The lowest BCUT2D eigenvalue weighted by atomic mass is 10.0. The molecule has 2 aromatic carbocycles. The van der Waals surface area contributed by atoms with Crippen LogP contribution in [0.25, 0.3) is 0 Å². The number of fused-ring (bicyclic) bond motifs is 1. The van der Waals surface area contributed by atoms with Gasteiger partial charge in [-0.15, -0.1) is 0 Å². The number of piperidine rings is 1. The smallest absolute Gasteiger partial charge is 0.407 e. The van der Waals surface area contributed by atoms with Gasteiger partial charge in [0.25, 0.3) is 11.8 Å². The molecule has 324 valence electrons. The third kappa shape index (κ3) is 17.5. The summed E-state index contributed by atoms with van der Waals surface area (Å²) in [6.45, 7) is 6.71. The first-order chi connectivity index (χ1) is 28.8. The van der Waals surface area contributed by atoms with Crippen molar-refractivity contribution in [3.05, 3.63) is 65.2 Å². The van der Waals surface area contributed by atoms with E-state index in [9.17, 15) is 28.8 Å². The van der Waals surface area contributed by atoms with Crippen molar-refractivity contribution in [2.75, 3.05) is 104 Å². The Morgan fingerprint density at radius 2 is 1.22 bits per heavy atom. The van der Waals surface area contributed by atoms with E-state index in [4.69, 9.17) is 37.9 Å². The van der Waals surface area contributed by atoms with Gasteiger partial charge in [0.15, 0.2) is 0 Å². The quantitative estimate of drug-likeness (QED) is 0.0737. The summed E-state index contributed by atoms with van der Waals surface area (Å²) in [7, 11) is 0. The van der Waals surface area contributed by atoms with Gasteiger partial charge in [-0.1, -0.05) is 42.8 Å². The summed E-state index contributed by atoms with van der Waals surface area (Å²) < 4.78 is 43.6. The number of hydrogen-bond acceptors (Lipinski definition) is 14. The molecule has 2 aliphatic heterocycles. The maximum absolute atomic E-state index is 13.2. The van der Waals surface area contributed by atoms with Crippen molar-refractivity contribution in [2.24, 2.45) is 0 Å². The molecule has 18 heteroatoms. The molecule has 0 bridgehead atoms. The van der Waals surface area contributed by atoms with Gasteiger partial charge in [0.05, 0.1) is 103 Å². The van der Waals surface area contributed by atoms with Gasteiger partial charge in [0.1, 0.15) is 12.6 Å². The van der Waals surface area contributed by atoms with E-state index in [0.717, 1.165) is 23.3 Å². The zero-order valence-electron chi connectivity index (χ0n) is 33.4. The SMILES string of the molecule is O=C1CCC(N2C(=O)c3cccc(NC(=O)CCCCCOCCOCCOCCOCCOCCOCCOCCNC(=O)OCc4ccccc4)c3C2=O)C(=O)N1. The highest BCUT2D eigenvalue weighted by atomic mass is 16.6. The molecule has 1 fully saturated rings. The van der Waals surface area contributed by atoms with E-state index in [1.54, 1.807) is 12.1 Å². The summed E-state index contributed by atoms with van der Waals surface area (Å²) in [6.07, 6.45) is 1.94. The van der Waals surface area contributed by atoms with Gasteiger partial charge in [-0.25, -0.2) is 4.79 Å². The lowest BCUT2D eigenvalue weighted by molar-refractivity contribution is -0.136. The molecular formula is C41H56N4O14. The number of hydrogen-bond donors (Lipinski definition) is 3. The second kappa shape index (κ2) is 27.8. The van der Waals surface area contributed by atoms with Crippen LogP contribution in [0.2, 0.25) is 0 Å². The lowest BCUT2D eigenvalue weighted by Gasteiger charge is -2.27. The average Bonchev–Trinajstić information content (AvgIpc) is 3.49. The first-order valence-electron chi connectivity index (χ1n) is 20.0. The van der Waals surface area contributed by atoms with Crippen LogP contribution in [0.3, 0.4) is 0 Å². The summed E-state index contributed by atoms with van der Waals surface area (Å²) in [5.41, 5.74) is 1.30. The van der Waals surface area contributed by atoms with Gasteiger partial charge >= 0.3 is 6.09 Å². The van der Waals surface area contributed by atoms with Crippen LogP contribution in [0, 0.1) is 0 Å². The standard InChI is InChI=1S/C41H56N4O14/c46-35(43-33-11-7-10-32-37(33)40(50)45(39(32)49)34-13-14-36(47)44-38(34)48)12-5-2-6-16-52-18-20-54-22-24-56-26-28-58-29-27-57-25-23-55-21-19-53-17-15-42-41(51)59-30-31-8-3-1-4-9-31/h1,3-4,7-11,34H,2,5-6,12-30H2,(H,42,51)(H,43,46)(H,44,47,48). The van der Waals surface area contributed by atoms with Crippen LogP contribution in [0.5, 0.6) is 0 Å². The van der Waals surface area contributed by atoms with Crippen LogP contribution in [0.1, 0.15) is 64.8 Å². The fraction of sp³-hybridized carbons (Fsp3) is 0.561. The summed E-state index contributed by atoms with van der Waals surface area (Å²) in [5, 5.41) is 7.53. The van der Waals surface area contributed by atoms with Crippen molar-refractivity contribution in [1.29, 1.82) is 0 Å². The third-order valence-electron chi connectivity index (χ3n) is 8.90. The molecule has 2 aliphatic rings. The number of rotatable bonds is 31. The van der Waals surface area contributed by atoms with Crippen molar-refractivity contribution in [3.8, 4) is 0 Å². The molecule has 1 atom stereocenters. The van der Waals surface area contributed by atoms with Crippen molar-refractivity contribution in [2.45, 2.75) is 51.2 Å². The van der Waals surface area contributed by atoms with E-state index in [0.29, 0.717) is 105 Å². The maximum Gasteiger partial charge on any atom is 0.407 e. The Hall–Kier alpha value is -4.82. The van der Waals surface area contributed by atoms with E-state index in [-0.39, 0.29) is 48.6 Å². The Balaban J connectivity index is 0.852. The Morgan fingerprint density at radius 1 is 0.644 bits per heavy atom. The lowest BCUT2D eigenvalue weighted by Crippen LogP contribution is -2.54. The molecule has 1 saturated heterocycles. The maximum atomic E-state index is 13.2. The summed E-state index contributed by atoms with van der Waals surface area (Å²) in [6, 6.07) is 13.0. The molecule has 0 aromatic heterocycles. The monoisotopic (exact) mass is 828 g/mol. The van der Waals surface area contributed by atoms with E-state index in [2.05, 4.69) is 16.0 Å². The fourth-order valence-corrected chi connectivity index (χ4v) is 5.92. The first-order valence-corrected chi connectivity index (χ1v) is 20.0. The molecule has 2 aromatic rings. The highest BCUT2D eigenvalue weighted by Gasteiger charge is 2.45. The molecule has 18 nitrogen and oxygen atoms in total. The number of carbonyl (C=O) groups excluding carboxylic acids is 6. The Labute approximate surface area is 343 Å². The van der Waals surface area contributed by atoms with Gasteiger partial charge in [0.2, 0.25) is 17.7 Å². The van der Waals surface area contributed by atoms with Crippen LogP contribution in [-0.2, 0) is 58.9 Å². The normalized spacial score (nSPS) is 15.0. The fourth-order valence-electron chi connectivity index (χ4n) is 5.92. The van der Waals surface area contributed by atoms with Crippen LogP contribution >= 0.6 is 0 Å². The number of benzene rings is 2. The second-order valence-electron chi connectivity index (χ2n) is 13.3. The average molecular weight is 829 g/mol. The predicted molar refractivity (Wildman–Crippen MR) is 211 cm³/mol. The van der Waals surface area contributed by atoms with Gasteiger partial charge in [-0.05, 0) is 37.0 Å². The number of unbranched alkanes of at least 4 members (excludes halogenated alkanes) is 2. The highest BCUT2D eigenvalue weighted by Crippen LogP contribution is 2.32. The molecule has 0 aliphatic carbocycles. The number of carbonyl (C=O) groups is 6. The Kier molecular flexibility index (Phi) is 22.1. The van der Waals surface area contributed by atoms with Crippen LogP contribution in [-0.4, -0.2) is 146 Å². The van der Waals surface area contributed by atoms with Gasteiger partial charge in [-0.2, -0.15) is 0 Å². The minimum absolute atomic E-state index is 0.0254. The van der Waals surface area contributed by atoms with E-state index in [1.807, 2.05) is 30.3 Å². The summed E-state index contributed by atoms with van der Waals surface area (Å²) in [5.74, 6) is -2.73. The predicted octanol–water partition coefficient (Wildman–Crippen LogP) is 2.63. The molecule has 2 heterocycles. The number of anilines is 1. The number of amides is 6. The number of nitrogens with zero attached hydrogens (tertiary/aromatic N) is 1. The van der Waals surface area contributed by atoms with E-state index in [1.165, 1.54) is 6.07 Å². The Morgan fingerprint density at radius 3 is 1.81 bits per heavy atom. The summed E-state index contributed by atoms with van der Waals surface area (Å²) >= 11 is 0. The molecule has 0 saturated carbocycles. The molecule has 0 spiro atoms. The van der Waals surface area contributed by atoms with Crippen molar-refractivity contribution in [3.63, 3.8) is 0 Å². The molecule has 6 amide bonds. The molecule has 3 N–H and O–H groups in total. The van der Waals surface area contributed by atoms with Crippen molar-refractivity contribution < 1.29 is 66.7 Å². The number of imide groups is 2. The van der Waals surface area contributed by atoms with Gasteiger partial charge in [-0.3, -0.25) is 34.2 Å². The van der Waals surface area contributed by atoms with Crippen LogP contribution < -0.4 is 16.0 Å². The van der Waals surface area contributed by atoms with Crippen LogP contribution in [0.15, 0.2) is 48.5 Å². The zero-order valence-corrected chi connectivity index (χ0v) is 33.4. The molecule has 59 heavy (non-hydrogen) atoms. The van der Waals surface area contributed by atoms with E-state index < -0.39 is 35.8 Å². The zero-order chi connectivity index (χ0) is 41.9. The number of nitrogens with one attached hydrogen (secondary N) is 3. The largest absolute Gasteiger partial charge is 0.445 e. The topological polar surface area (TPSA) is 216 Å². The summed E-state index contributed by atoms with van der Waals surface area (Å²) in [4.78, 5) is 75.2. The van der Waals surface area contributed by atoms with Gasteiger partial charge < -0.3 is 48.5 Å². The van der Waals surface area contributed by atoms with Crippen molar-refractivity contribution >= 4 is 41.3 Å². The molecular weight excluding hydrogens is 772 g/mol. The van der Waals surface area contributed by atoms with E-state index >= 15 is 0 Å². The van der Waals surface area contributed by atoms with Crippen molar-refractivity contribution in [1.82, 2.24) is 15.5 Å². The van der Waals surface area contributed by atoms with Gasteiger partial charge in [0, 0.05) is 26.0 Å². The van der Waals surface area contributed by atoms with Crippen LogP contribution in [0.4, 0.5) is 10.5 Å². The highest BCUT2D eigenvalue weighted by molar-refractivity contribution is 6.26. The minimum Gasteiger partial charge on any atom is -0.445 e. The number of alkyl carbamates (subject to hydrolysis) is 1. The number of ether oxygens (including phenoxy) is 8. The molecule has 0 radical (unpaired) electrons.